The van der Waals surface area contributed by atoms with Crippen molar-refractivity contribution in [2.24, 2.45) is 11.3 Å². The molecule has 1 rings (SSSR count). The summed E-state index contributed by atoms with van der Waals surface area (Å²) in [6.45, 7) is 8.87. The van der Waals surface area contributed by atoms with Crippen LogP contribution in [0.4, 0.5) is 0 Å². The van der Waals surface area contributed by atoms with Crippen molar-refractivity contribution in [3.63, 3.8) is 0 Å². The summed E-state index contributed by atoms with van der Waals surface area (Å²) in [5.41, 5.74) is 1.43. The first-order valence-electron chi connectivity index (χ1n) is 6.11. The molecule has 17 heavy (non-hydrogen) atoms. The van der Waals surface area contributed by atoms with Crippen molar-refractivity contribution in [1.29, 1.82) is 0 Å². The number of alkyl halides is 2. The maximum Gasteiger partial charge on any atom is 0.0630 e. The highest BCUT2D eigenvalue weighted by molar-refractivity contribution is 9.09. The molecule has 0 unspecified atom stereocenters. The van der Waals surface area contributed by atoms with Gasteiger partial charge in [-0.2, -0.15) is 5.10 Å². The van der Waals surface area contributed by atoms with Crippen molar-refractivity contribution >= 4 is 31.9 Å². The minimum absolute atomic E-state index is 0.246. The molecule has 0 spiro atoms. The summed E-state index contributed by atoms with van der Waals surface area (Å²) in [5, 5.41) is 6.64. The van der Waals surface area contributed by atoms with E-state index >= 15 is 0 Å². The Labute approximate surface area is 121 Å². The Hall–Kier alpha value is 0.170. The first-order valence-corrected chi connectivity index (χ1v) is 8.35. The maximum absolute atomic E-state index is 4.65. The zero-order chi connectivity index (χ0) is 13.1. The van der Waals surface area contributed by atoms with Gasteiger partial charge in [-0.15, -0.1) is 0 Å². The van der Waals surface area contributed by atoms with Crippen molar-refractivity contribution in [2.75, 3.05) is 10.7 Å². The number of hydrogen-bond donors (Lipinski definition) is 0. The summed E-state index contributed by atoms with van der Waals surface area (Å²) < 4.78 is 2.03. The maximum atomic E-state index is 4.65. The third-order valence-corrected chi connectivity index (χ3v) is 5.72. The molecule has 0 atom stereocenters. The van der Waals surface area contributed by atoms with Gasteiger partial charge in [-0.1, -0.05) is 45.7 Å². The van der Waals surface area contributed by atoms with Gasteiger partial charge in [0.2, 0.25) is 0 Å². The van der Waals surface area contributed by atoms with Crippen LogP contribution in [0.3, 0.4) is 0 Å². The van der Waals surface area contributed by atoms with Crippen LogP contribution < -0.4 is 0 Å². The third kappa shape index (κ3) is 3.57. The van der Waals surface area contributed by atoms with Gasteiger partial charge in [0.25, 0.3) is 0 Å². The van der Waals surface area contributed by atoms with Gasteiger partial charge in [-0.05, 0) is 37.7 Å². The predicted octanol–water partition coefficient (Wildman–Crippen LogP) is 4.44. The lowest BCUT2D eigenvalue weighted by atomic mass is 9.77. The summed E-state index contributed by atoms with van der Waals surface area (Å²) in [4.78, 5) is 0. The molecule has 0 aromatic carbocycles. The van der Waals surface area contributed by atoms with Crippen LogP contribution in [-0.2, 0) is 6.42 Å². The Morgan fingerprint density at radius 3 is 2.18 bits per heavy atom. The number of aromatic nitrogens is 2. The first-order chi connectivity index (χ1) is 7.95. The summed E-state index contributed by atoms with van der Waals surface area (Å²) in [5.74, 6) is 0.616. The van der Waals surface area contributed by atoms with E-state index in [1.54, 1.807) is 0 Å². The topological polar surface area (TPSA) is 17.8 Å². The van der Waals surface area contributed by atoms with Gasteiger partial charge in [0.15, 0.2) is 0 Å². The van der Waals surface area contributed by atoms with Gasteiger partial charge in [0.05, 0.1) is 5.69 Å². The minimum Gasteiger partial charge on any atom is -0.270 e. The van der Waals surface area contributed by atoms with E-state index in [1.165, 1.54) is 5.69 Å². The number of hydrogen-bond acceptors (Lipinski definition) is 1. The molecule has 0 saturated carbocycles. The normalized spacial score (nSPS) is 12.7. The van der Waals surface area contributed by atoms with Gasteiger partial charge >= 0.3 is 0 Å². The second-order valence-corrected chi connectivity index (χ2v) is 6.46. The summed E-state index contributed by atoms with van der Waals surface area (Å²) in [6, 6.07) is 2.58. The lowest BCUT2D eigenvalue weighted by molar-refractivity contribution is 0.264. The van der Waals surface area contributed by atoms with Crippen molar-refractivity contribution in [2.45, 2.75) is 40.2 Å². The lowest BCUT2D eigenvalue weighted by Crippen LogP contribution is -2.33. The first kappa shape index (κ1) is 15.2. The Balaban J connectivity index is 2.86. The average molecular weight is 366 g/mol. The SMILES string of the molecule is CC(C)n1ccc(CC(CBr)(CBr)C(C)C)n1. The molecular formula is C13H22Br2N2. The van der Waals surface area contributed by atoms with E-state index in [9.17, 15) is 0 Å². The van der Waals surface area contributed by atoms with Gasteiger partial charge in [-0.25, -0.2) is 0 Å². The highest BCUT2D eigenvalue weighted by atomic mass is 79.9. The molecule has 0 aliphatic rings. The van der Waals surface area contributed by atoms with E-state index in [4.69, 9.17) is 0 Å². The molecular weight excluding hydrogens is 344 g/mol. The van der Waals surface area contributed by atoms with Crippen LogP contribution in [0.25, 0.3) is 0 Å². The average Bonchev–Trinajstić information content (AvgIpc) is 2.74. The predicted molar refractivity (Wildman–Crippen MR) is 81.2 cm³/mol. The minimum atomic E-state index is 0.246. The van der Waals surface area contributed by atoms with E-state index < -0.39 is 0 Å². The Bertz CT molecular complexity index is 341. The molecule has 0 radical (unpaired) electrons. The molecule has 98 valence electrons. The van der Waals surface area contributed by atoms with E-state index in [0.717, 1.165) is 17.1 Å². The van der Waals surface area contributed by atoms with Crippen molar-refractivity contribution in [1.82, 2.24) is 9.78 Å². The molecule has 4 heteroatoms. The molecule has 0 aliphatic carbocycles. The van der Waals surface area contributed by atoms with Crippen LogP contribution in [0.1, 0.15) is 39.4 Å². The van der Waals surface area contributed by atoms with Crippen LogP contribution in [0.5, 0.6) is 0 Å². The molecule has 0 saturated heterocycles. The highest BCUT2D eigenvalue weighted by Crippen LogP contribution is 2.35. The van der Waals surface area contributed by atoms with E-state index in [-0.39, 0.29) is 5.41 Å². The van der Waals surface area contributed by atoms with Gasteiger partial charge in [0.1, 0.15) is 0 Å². The zero-order valence-corrected chi connectivity index (χ0v) is 14.3. The Morgan fingerprint density at radius 1 is 1.24 bits per heavy atom. The van der Waals surface area contributed by atoms with Crippen molar-refractivity contribution in [3.05, 3.63) is 18.0 Å². The molecule has 0 fully saturated rings. The number of halogens is 2. The molecule has 1 heterocycles. The van der Waals surface area contributed by atoms with E-state index in [2.05, 4.69) is 76.9 Å². The molecule has 0 bridgehead atoms. The Morgan fingerprint density at radius 2 is 1.82 bits per heavy atom. The summed E-state index contributed by atoms with van der Waals surface area (Å²) in [6.07, 6.45) is 3.09. The fraction of sp³-hybridized carbons (Fsp3) is 0.769. The second kappa shape index (κ2) is 6.37. The second-order valence-electron chi connectivity index (χ2n) is 5.34. The number of rotatable bonds is 6. The summed E-state index contributed by atoms with van der Waals surface area (Å²) >= 11 is 7.32. The Kier molecular flexibility index (Phi) is 5.71. The molecule has 1 aromatic rings. The van der Waals surface area contributed by atoms with Gasteiger partial charge in [0, 0.05) is 22.9 Å². The van der Waals surface area contributed by atoms with Gasteiger partial charge in [-0.3, -0.25) is 4.68 Å². The van der Waals surface area contributed by atoms with Crippen molar-refractivity contribution < 1.29 is 0 Å². The van der Waals surface area contributed by atoms with Gasteiger partial charge < -0.3 is 0 Å². The van der Waals surface area contributed by atoms with Crippen LogP contribution in [-0.4, -0.2) is 20.4 Å². The van der Waals surface area contributed by atoms with E-state index in [0.29, 0.717) is 12.0 Å². The molecule has 2 nitrogen and oxygen atoms in total. The number of nitrogens with zero attached hydrogens (tertiary/aromatic N) is 2. The van der Waals surface area contributed by atoms with Crippen LogP contribution in [0.15, 0.2) is 12.3 Å². The zero-order valence-electron chi connectivity index (χ0n) is 11.1. The quantitative estimate of drug-likeness (QED) is 0.681. The fourth-order valence-corrected chi connectivity index (χ4v) is 4.38. The van der Waals surface area contributed by atoms with Crippen LogP contribution in [0.2, 0.25) is 0 Å². The van der Waals surface area contributed by atoms with E-state index in [1.807, 2.05) is 4.68 Å². The largest absolute Gasteiger partial charge is 0.270 e. The standard InChI is InChI=1S/C13H22Br2N2/c1-10(2)13(8-14,9-15)7-12-5-6-17(16-12)11(3)4/h5-6,10-11H,7-9H2,1-4H3. The van der Waals surface area contributed by atoms with Crippen molar-refractivity contribution in [3.8, 4) is 0 Å². The molecule has 0 aliphatic heterocycles. The van der Waals surface area contributed by atoms with Crippen LogP contribution in [0, 0.1) is 11.3 Å². The fourth-order valence-electron chi connectivity index (χ4n) is 1.76. The molecule has 0 N–H and O–H groups in total. The molecule has 1 aromatic heterocycles. The monoisotopic (exact) mass is 364 g/mol. The third-order valence-electron chi connectivity index (χ3n) is 3.48. The highest BCUT2D eigenvalue weighted by Gasteiger charge is 2.32. The summed E-state index contributed by atoms with van der Waals surface area (Å²) in [7, 11) is 0. The van der Waals surface area contributed by atoms with Crippen LogP contribution >= 0.6 is 31.9 Å². The lowest BCUT2D eigenvalue weighted by Gasteiger charge is -2.33. The smallest absolute Gasteiger partial charge is 0.0630 e. The molecule has 0 amide bonds.